The van der Waals surface area contributed by atoms with Crippen LogP contribution in [0.15, 0.2) is 17.4 Å². The molecule has 2 saturated heterocycles. The van der Waals surface area contributed by atoms with E-state index in [1.165, 1.54) is 0 Å². The van der Waals surface area contributed by atoms with Crippen molar-refractivity contribution in [1.82, 2.24) is 54.7 Å². The van der Waals surface area contributed by atoms with E-state index in [9.17, 15) is 14.7 Å². The number of ether oxygens (including phenoxy) is 3. The van der Waals surface area contributed by atoms with Crippen molar-refractivity contribution in [1.29, 1.82) is 0 Å². The molecule has 0 aliphatic carbocycles. The molecule has 2 fully saturated rings. The molecule has 6 N–H and O–H groups in total. The van der Waals surface area contributed by atoms with Crippen LogP contribution in [0.4, 0.5) is 17.8 Å². The Morgan fingerprint density at radius 3 is 2.10 bits per heavy atom. The lowest BCUT2D eigenvalue weighted by atomic mass is 10.0. The highest BCUT2D eigenvalue weighted by Crippen LogP contribution is 2.24. The van der Waals surface area contributed by atoms with Crippen LogP contribution in [0, 0.1) is 18.3 Å². The van der Waals surface area contributed by atoms with E-state index in [0.717, 1.165) is 5.69 Å². The summed E-state index contributed by atoms with van der Waals surface area (Å²) in [4.78, 5) is 53.2. The van der Waals surface area contributed by atoms with Crippen molar-refractivity contribution in [2.75, 3.05) is 127 Å². The number of aliphatic hydroxyl groups excluding tert-OH is 1. The molecule has 328 valence electrons. The van der Waals surface area contributed by atoms with Gasteiger partial charge in [-0.05, 0) is 18.8 Å². The van der Waals surface area contributed by atoms with Crippen LogP contribution < -0.4 is 26.6 Å². The third kappa shape index (κ3) is 14.0. The predicted molar refractivity (Wildman–Crippen MR) is 221 cm³/mol. The number of carbonyl (C=O) groups excluding carboxylic acids is 2. The van der Waals surface area contributed by atoms with Gasteiger partial charge in [0.2, 0.25) is 29.7 Å². The van der Waals surface area contributed by atoms with Crippen LogP contribution in [0.3, 0.4) is 0 Å². The van der Waals surface area contributed by atoms with Crippen molar-refractivity contribution >= 4 is 35.6 Å². The van der Waals surface area contributed by atoms with Gasteiger partial charge in [-0.1, -0.05) is 30.2 Å². The van der Waals surface area contributed by atoms with Gasteiger partial charge >= 0.3 is 0 Å². The zero-order valence-electron chi connectivity index (χ0n) is 34.6. The fourth-order valence-electron chi connectivity index (χ4n) is 6.61. The number of rotatable bonds is 24. The smallest absolute Gasteiger partial charge is 0.247 e. The van der Waals surface area contributed by atoms with E-state index < -0.39 is 6.04 Å². The number of nitrogens with two attached hydrogens (primary N) is 2. The van der Waals surface area contributed by atoms with Gasteiger partial charge in [-0.25, -0.2) is 9.36 Å². The molecule has 0 unspecified atom stereocenters. The topological polar surface area (TPSA) is 272 Å². The number of aromatic nitrogens is 9. The standard InChI is InChI=1S/C37H59N17O6/c1-4-19-58-21-23-60-24-22-59-20-9-41-35-42-36(51-14-10-49(11-15-51)31(56)27-53-25-29(45-47-53)6-5-8-40-34(38)39)44-37(43-35)52-16-12-50(13-17-52)33(57)32(28(2)3)54-26-30(7-18-55)46-48-54/h1,25-26,28,32,55H,5-24,27H2,2-3H3,(H4,38,39,40)(H,41,42,43,44)/t32-/m1/s1. The zero-order chi connectivity index (χ0) is 42.7. The summed E-state index contributed by atoms with van der Waals surface area (Å²) in [5.41, 5.74) is 12.2. The highest BCUT2D eigenvalue weighted by molar-refractivity contribution is 5.81. The van der Waals surface area contributed by atoms with Crippen molar-refractivity contribution < 1.29 is 28.9 Å². The van der Waals surface area contributed by atoms with E-state index in [4.69, 9.17) is 47.1 Å². The lowest BCUT2D eigenvalue weighted by Gasteiger charge is -2.38. The van der Waals surface area contributed by atoms with Crippen LogP contribution in [0.2, 0.25) is 0 Å². The molecule has 3 aromatic heterocycles. The van der Waals surface area contributed by atoms with E-state index >= 15 is 0 Å². The van der Waals surface area contributed by atoms with Crippen LogP contribution in [0.5, 0.6) is 0 Å². The number of guanidine groups is 1. The van der Waals surface area contributed by atoms with Crippen LogP contribution in [-0.2, 0) is 43.2 Å². The highest BCUT2D eigenvalue weighted by Gasteiger charge is 2.33. The van der Waals surface area contributed by atoms with Crippen LogP contribution in [0.1, 0.15) is 37.7 Å². The lowest BCUT2D eigenvalue weighted by molar-refractivity contribution is -0.137. The van der Waals surface area contributed by atoms with Gasteiger partial charge < -0.3 is 55.7 Å². The molecule has 5 rings (SSSR count). The molecule has 60 heavy (non-hydrogen) atoms. The molecule has 5 heterocycles. The number of anilines is 3. The summed E-state index contributed by atoms with van der Waals surface area (Å²) < 4.78 is 19.6. The van der Waals surface area contributed by atoms with Gasteiger partial charge in [0, 0.05) is 90.9 Å². The third-order valence-corrected chi connectivity index (χ3v) is 9.72. The minimum atomic E-state index is -0.523. The van der Waals surface area contributed by atoms with Crippen molar-refractivity contribution in [3.63, 3.8) is 0 Å². The minimum Gasteiger partial charge on any atom is -0.396 e. The first-order valence-electron chi connectivity index (χ1n) is 20.3. The SMILES string of the molecule is C#CCOCCOCCOCCNc1nc(N2CCN(C(=O)Cn3cc(CCCN=C(N)N)nn3)CC2)nc(N2CCN(C(=O)[C@@H](C(C)C)n3cc(CCO)nn3)CC2)n1. The number of piperazine rings is 2. The molecule has 1 atom stereocenters. The Morgan fingerprint density at radius 2 is 1.47 bits per heavy atom. The number of nitrogens with one attached hydrogen (secondary N) is 1. The average Bonchev–Trinajstić information content (AvgIpc) is 3.90. The Bertz CT molecular complexity index is 1840. The Kier molecular flexibility index (Phi) is 18.0. The fourth-order valence-corrected chi connectivity index (χ4v) is 6.61. The summed E-state index contributed by atoms with van der Waals surface area (Å²) in [6, 6.07) is -0.523. The summed E-state index contributed by atoms with van der Waals surface area (Å²) in [6.45, 7) is 11.2. The van der Waals surface area contributed by atoms with Gasteiger partial charge in [-0.3, -0.25) is 14.6 Å². The molecule has 0 radical (unpaired) electrons. The Hall–Kier alpha value is -5.70. The molecular formula is C37H59N17O6. The summed E-state index contributed by atoms with van der Waals surface area (Å²) in [5.74, 6) is 3.70. The number of amides is 2. The number of aliphatic imine (C=N–C) groups is 1. The van der Waals surface area contributed by atoms with Gasteiger partial charge in [0.15, 0.2) is 5.96 Å². The summed E-state index contributed by atoms with van der Waals surface area (Å²) in [6.07, 6.45) is 10.4. The minimum absolute atomic E-state index is 0.0286. The number of nitrogens with zero attached hydrogens (tertiary/aromatic N) is 14. The molecule has 0 aromatic carbocycles. The van der Waals surface area contributed by atoms with Gasteiger partial charge in [-0.15, -0.1) is 16.6 Å². The molecule has 23 nitrogen and oxygen atoms in total. The second kappa shape index (κ2) is 23.8. The summed E-state index contributed by atoms with van der Waals surface area (Å²) in [7, 11) is 0. The second-order valence-corrected chi connectivity index (χ2v) is 14.5. The number of terminal acetylenes is 1. The Balaban J connectivity index is 1.18. The highest BCUT2D eigenvalue weighted by atomic mass is 16.5. The molecule has 2 amide bonds. The van der Waals surface area contributed by atoms with E-state index in [2.05, 4.69) is 36.9 Å². The van der Waals surface area contributed by atoms with E-state index in [1.807, 2.05) is 28.5 Å². The molecule has 23 heteroatoms. The first-order chi connectivity index (χ1) is 29.1. The maximum Gasteiger partial charge on any atom is 0.247 e. The maximum absolute atomic E-state index is 13.8. The van der Waals surface area contributed by atoms with Crippen LogP contribution in [0.25, 0.3) is 0 Å². The number of carbonyl (C=O) groups is 2. The molecule has 3 aromatic rings. The van der Waals surface area contributed by atoms with Crippen molar-refractivity contribution in [3.05, 3.63) is 23.8 Å². The van der Waals surface area contributed by atoms with Gasteiger partial charge in [0.1, 0.15) is 19.2 Å². The first-order valence-corrected chi connectivity index (χ1v) is 20.3. The summed E-state index contributed by atoms with van der Waals surface area (Å²) >= 11 is 0. The molecule has 0 spiro atoms. The molecular weight excluding hydrogens is 779 g/mol. The van der Waals surface area contributed by atoms with Crippen molar-refractivity contribution in [2.45, 2.75) is 45.7 Å². The zero-order valence-corrected chi connectivity index (χ0v) is 34.6. The molecule has 0 saturated carbocycles. The lowest BCUT2D eigenvalue weighted by Crippen LogP contribution is -2.52. The Morgan fingerprint density at radius 1 is 0.850 bits per heavy atom. The number of aryl methyl sites for hydroxylation is 1. The van der Waals surface area contributed by atoms with E-state index in [1.54, 1.807) is 26.7 Å². The van der Waals surface area contributed by atoms with Gasteiger partial charge in [0.05, 0.1) is 44.4 Å². The van der Waals surface area contributed by atoms with Crippen LogP contribution >= 0.6 is 0 Å². The van der Waals surface area contributed by atoms with Crippen molar-refractivity contribution in [3.8, 4) is 12.3 Å². The molecule has 0 bridgehead atoms. The van der Waals surface area contributed by atoms with Crippen molar-refractivity contribution in [2.24, 2.45) is 22.4 Å². The first kappa shape index (κ1) is 45.4. The molecule has 2 aliphatic heterocycles. The fraction of sp³-hybridized carbons (Fsp3) is 0.676. The predicted octanol–water partition coefficient (Wildman–Crippen LogP) is -2.21. The quantitative estimate of drug-likeness (QED) is 0.0322. The maximum atomic E-state index is 13.8. The Labute approximate surface area is 349 Å². The van der Waals surface area contributed by atoms with Crippen LogP contribution in [-0.4, -0.2) is 189 Å². The second-order valence-electron chi connectivity index (χ2n) is 14.5. The average molecular weight is 838 g/mol. The monoisotopic (exact) mass is 837 g/mol. The largest absolute Gasteiger partial charge is 0.396 e. The number of hydrogen-bond donors (Lipinski definition) is 4. The molecule has 2 aliphatic rings. The van der Waals surface area contributed by atoms with E-state index in [-0.39, 0.29) is 43.5 Å². The number of hydrogen-bond acceptors (Lipinski definition) is 17. The third-order valence-electron chi connectivity index (χ3n) is 9.72. The van der Waals surface area contributed by atoms with Gasteiger partial charge in [0.25, 0.3) is 0 Å². The van der Waals surface area contributed by atoms with Gasteiger partial charge in [-0.2, -0.15) is 15.0 Å². The normalized spacial score (nSPS) is 15.0. The number of aliphatic hydroxyl groups is 1. The summed E-state index contributed by atoms with van der Waals surface area (Å²) in [5, 5.41) is 29.2. The van der Waals surface area contributed by atoms with E-state index in [0.29, 0.717) is 141 Å².